The molecule has 0 saturated carbocycles. The van der Waals surface area contributed by atoms with Gasteiger partial charge >= 0.3 is 0 Å². The first-order valence-corrected chi connectivity index (χ1v) is 7.12. The second-order valence-corrected chi connectivity index (χ2v) is 5.03. The molecule has 102 valence electrons. The number of hydrogen-bond donors (Lipinski definition) is 1. The third-order valence-electron chi connectivity index (χ3n) is 3.74. The zero-order valence-electron chi connectivity index (χ0n) is 11.3. The molecule has 2 aliphatic rings. The van der Waals surface area contributed by atoms with Crippen LogP contribution in [-0.4, -0.2) is 56.7 Å². The first-order valence-electron chi connectivity index (χ1n) is 7.12. The highest BCUT2D eigenvalue weighted by molar-refractivity contribution is 5.96. The molecule has 2 aliphatic heterocycles. The summed E-state index contributed by atoms with van der Waals surface area (Å²) in [6.45, 7) is 7.16. The van der Waals surface area contributed by atoms with Crippen molar-refractivity contribution in [3.63, 3.8) is 0 Å². The van der Waals surface area contributed by atoms with Gasteiger partial charge in [0.05, 0.1) is 6.54 Å². The van der Waals surface area contributed by atoms with E-state index in [9.17, 15) is 0 Å². The van der Waals surface area contributed by atoms with Crippen molar-refractivity contribution in [2.75, 3.05) is 45.9 Å². The molecule has 0 aromatic heterocycles. The third kappa shape index (κ3) is 3.14. The Hall–Kier alpha value is -1.39. The van der Waals surface area contributed by atoms with Crippen molar-refractivity contribution in [3.8, 4) is 0 Å². The third-order valence-corrected chi connectivity index (χ3v) is 3.74. The lowest BCUT2D eigenvalue weighted by Gasteiger charge is -2.27. The minimum absolute atomic E-state index is 0.724. The molecular weight excluding hydrogens is 238 g/mol. The topological polar surface area (TPSA) is 36.9 Å². The highest BCUT2D eigenvalue weighted by Gasteiger charge is 2.15. The van der Waals surface area contributed by atoms with E-state index in [0.717, 1.165) is 58.2 Å². The van der Waals surface area contributed by atoms with Crippen molar-refractivity contribution in [3.05, 3.63) is 35.4 Å². The van der Waals surface area contributed by atoms with Crippen molar-refractivity contribution in [1.82, 2.24) is 10.2 Å². The predicted octanol–water partition coefficient (Wildman–Crippen LogP) is 0.911. The minimum Gasteiger partial charge on any atom is -0.476 e. The summed E-state index contributed by atoms with van der Waals surface area (Å²) in [6, 6.07) is 8.49. The molecule has 0 amide bonds. The summed E-state index contributed by atoms with van der Waals surface area (Å²) < 4.78 is 5.60. The number of aliphatic imine (C=N–C) groups is 1. The van der Waals surface area contributed by atoms with E-state index in [1.54, 1.807) is 0 Å². The molecule has 1 fully saturated rings. The average Bonchev–Trinajstić information content (AvgIpc) is 3.01. The molecule has 0 unspecified atom stereocenters. The van der Waals surface area contributed by atoms with Crippen LogP contribution < -0.4 is 5.32 Å². The molecule has 0 atom stereocenters. The van der Waals surface area contributed by atoms with Crippen molar-refractivity contribution in [1.29, 1.82) is 0 Å². The van der Waals surface area contributed by atoms with Gasteiger partial charge in [-0.1, -0.05) is 18.2 Å². The van der Waals surface area contributed by atoms with E-state index < -0.39 is 0 Å². The van der Waals surface area contributed by atoms with Crippen molar-refractivity contribution < 1.29 is 4.74 Å². The van der Waals surface area contributed by atoms with E-state index in [2.05, 4.69) is 39.5 Å². The Bertz CT molecular complexity index is 452. The lowest BCUT2D eigenvalue weighted by Crippen LogP contribution is -2.44. The van der Waals surface area contributed by atoms with Gasteiger partial charge in [0.25, 0.3) is 0 Å². The molecule has 1 saturated heterocycles. The Labute approximate surface area is 114 Å². The van der Waals surface area contributed by atoms with Gasteiger partial charge in [-0.3, -0.25) is 0 Å². The molecule has 0 bridgehead atoms. The smallest absolute Gasteiger partial charge is 0.216 e. The number of benzene rings is 1. The molecule has 19 heavy (non-hydrogen) atoms. The van der Waals surface area contributed by atoms with Gasteiger partial charge in [0.1, 0.15) is 6.61 Å². The summed E-state index contributed by atoms with van der Waals surface area (Å²) >= 11 is 0. The standard InChI is InChI=1S/C15H21N3O/c1-2-4-14(15-17-8-12-19-15)13(3-1)5-9-18-10-6-16-7-11-18/h1-4,16H,5-12H2. The highest BCUT2D eigenvalue weighted by atomic mass is 16.5. The van der Waals surface area contributed by atoms with E-state index in [-0.39, 0.29) is 0 Å². The van der Waals surface area contributed by atoms with Crippen LogP contribution in [0, 0.1) is 0 Å². The van der Waals surface area contributed by atoms with Gasteiger partial charge in [0.2, 0.25) is 5.90 Å². The SMILES string of the molecule is c1ccc(C2=NCCO2)c(CCN2CCNCC2)c1. The number of piperazine rings is 1. The summed E-state index contributed by atoms with van der Waals surface area (Å²) in [4.78, 5) is 6.95. The van der Waals surface area contributed by atoms with Gasteiger partial charge in [0, 0.05) is 38.3 Å². The number of ether oxygens (including phenoxy) is 1. The zero-order chi connectivity index (χ0) is 12.9. The van der Waals surface area contributed by atoms with Crippen LogP contribution in [0.3, 0.4) is 0 Å². The Morgan fingerprint density at radius 2 is 2.05 bits per heavy atom. The molecule has 0 radical (unpaired) electrons. The van der Waals surface area contributed by atoms with E-state index >= 15 is 0 Å². The summed E-state index contributed by atoms with van der Waals surface area (Å²) in [7, 11) is 0. The van der Waals surface area contributed by atoms with E-state index in [1.807, 2.05) is 0 Å². The second kappa shape index (κ2) is 6.17. The number of nitrogens with zero attached hydrogens (tertiary/aromatic N) is 2. The van der Waals surface area contributed by atoms with Crippen LogP contribution in [0.1, 0.15) is 11.1 Å². The van der Waals surface area contributed by atoms with Crippen LogP contribution in [0.2, 0.25) is 0 Å². The molecule has 0 spiro atoms. The molecule has 4 heteroatoms. The van der Waals surface area contributed by atoms with Crippen molar-refractivity contribution in [2.45, 2.75) is 6.42 Å². The summed E-state index contributed by atoms with van der Waals surface area (Å²) in [5, 5.41) is 3.39. The van der Waals surface area contributed by atoms with Crippen LogP contribution in [0.4, 0.5) is 0 Å². The van der Waals surface area contributed by atoms with E-state index in [4.69, 9.17) is 4.74 Å². The Morgan fingerprint density at radius 1 is 1.21 bits per heavy atom. The summed E-state index contributed by atoms with van der Waals surface area (Å²) in [5.74, 6) is 0.830. The maximum absolute atomic E-state index is 5.60. The lowest BCUT2D eigenvalue weighted by atomic mass is 10.0. The van der Waals surface area contributed by atoms with Gasteiger partial charge in [-0.15, -0.1) is 0 Å². The van der Waals surface area contributed by atoms with Crippen molar-refractivity contribution >= 4 is 5.90 Å². The summed E-state index contributed by atoms with van der Waals surface area (Å²) in [5.41, 5.74) is 2.52. The monoisotopic (exact) mass is 259 g/mol. The normalized spacial score (nSPS) is 20.1. The molecule has 1 N–H and O–H groups in total. The zero-order valence-corrected chi connectivity index (χ0v) is 11.3. The fraction of sp³-hybridized carbons (Fsp3) is 0.533. The van der Waals surface area contributed by atoms with Crippen LogP contribution in [0.5, 0.6) is 0 Å². The fourth-order valence-electron chi connectivity index (χ4n) is 2.66. The van der Waals surface area contributed by atoms with Crippen LogP contribution in [0.25, 0.3) is 0 Å². The summed E-state index contributed by atoms with van der Waals surface area (Å²) in [6.07, 6.45) is 1.07. The maximum atomic E-state index is 5.60. The van der Waals surface area contributed by atoms with E-state index in [1.165, 1.54) is 11.1 Å². The average molecular weight is 259 g/mol. The Morgan fingerprint density at radius 3 is 2.84 bits per heavy atom. The van der Waals surface area contributed by atoms with Crippen LogP contribution >= 0.6 is 0 Å². The van der Waals surface area contributed by atoms with Gasteiger partial charge in [0.15, 0.2) is 0 Å². The molecule has 1 aromatic rings. The Balaban J connectivity index is 1.66. The number of hydrogen-bond acceptors (Lipinski definition) is 4. The maximum Gasteiger partial charge on any atom is 0.216 e. The van der Waals surface area contributed by atoms with Gasteiger partial charge in [-0.25, -0.2) is 4.99 Å². The van der Waals surface area contributed by atoms with Crippen molar-refractivity contribution in [2.24, 2.45) is 4.99 Å². The van der Waals surface area contributed by atoms with Crippen LogP contribution in [0.15, 0.2) is 29.3 Å². The molecule has 4 nitrogen and oxygen atoms in total. The largest absolute Gasteiger partial charge is 0.476 e. The molecule has 2 heterocycles. The Kier molecular flexibility index (Phi) is 4.10. The second-order valence-electron chi connectivity index (χ2n) is 5.03. The molecule has 1 aromatic carbocycles. The fourth-order valence-corrected chi connectivity index (χ4v) is 2.66. The van der Waals surface area contributed by atoms with Gasteiger partial charge in [-0.2, -0.15) is 0 Å². The first kappa shape index (κ1) is 12.6. The quantitative estimate of drug-likeness (QED) is 0.873. The number of nitrogens with one attached hydrogen (secondary N) is 1. The first-order chi connectivity index (χ1) is 9.43. The highest BCUT2D eigenvalue weighted by Crippen LogP contribution is 2.15. The predicted molar refractivity (Wildman–Crippen MR) is 76.8 cm³/mol. The molecule has 0 aliphatic carbocycles. The van der Waals surface area contributed by atoms with Crippen LogP contribution in [-0.2, 0) is 11.2 Å². The molecular formula is C15H21N3O. The molecule has 3 rings (SSSR count). The number of rotatable bonds is 4. The lowest BCUT2D eigenvalue weighted by molar-refractivity contribution is 0.244. The van der Waals surface area contributed by atoms with Gasteiger partial charge < -0.3 is 15.0 Å². The van der Waals surface area contributed by atoms with E-state index in [0.29, 0.717) is 0 Å². The minimum atomic E-state index is 0.724. The van der Waals surface area contributed by atoms with Gasteiger partial charge in [-0.05, 0) is 18.1 Å².